The zero-order chi connectivity index (χ0) is 18.6. The second-order valence-electron chi connectivity index (χ2n) is 10.0. The molecule has 0 aromatic carbocycles. The van der Waals surface area contributed by atoms with E-state index in [1.807, 2.05) is 7.76 Å². The molecular weight excluding hydrogens is 340 g/mol. The van der Waals surface area contributed by atoms with E-state index in [9.17, 15) is 0 Å². The molecule has 0 aromatic heterocycles. The molecule has 0 aromatic rings. The van der Waals surface area contributed by atoms with Crippen LogP contribution in [-0.4, -0.2) is 8.07 Å². The Morgan fingerprint density at radius 3 is 1.21 bits per heavy atom. The van der Waals surface area contributed by atoms with Crippen molar-refractivity contribution in [3.05, 3.63) is 41.2 Å². The molecule has 3 aliphatic rings. The van der Waals surface area contributed by atoms with Crippen LogP contribution in [0.4, 0.5) is 0 Å². The Bertz CT molecular complexity index is 736. The first-order valence-electron chi connectivity index (χ1n) is 9.50. The third kappa shape index (κ3) is 1.57. The molecule has 1 aliphatic heterocycles. The van der Waals surface area contributed by atoms with Crippen LogP contribution in [0.2, 0.25) is 33.6 Å². The van der Waals surface area contributed by atoms with E-state index < -0.39 is 24.7 Å². The predicted octanol–water partition coefficient (Wildman–Crippen LogP) is 7.73. The van der Waals surface area contributed by atoms with E-state index in [-0.39, 0.29) is 0 Å². The van der Waals surface area contributed by atoms with E-state index in [4.69, 9.17) is 0 Å². The van der Waals surface area contributed by atoms with Gasteiger partial charge in [-0.05, 0) is 0 Å². The summed E-state index contributed by atoms with van der Waals surface area (Å²) in [7, 11) is -1.67. The number of allylic oxidation sites excluding steroid dienone is 8. The van der Waals surface area contributed by atoms with E-state index in [1.165, 1.54) is 0 Å². The Balaban J connectivity index is 2.53. The average molecular weight is 376 g/mol. The Morgan fingerprint density at radius 1 is 0.625 bits per heavy atom. The molecule has 0 N–H and O–H groups in total. The van der Waals surface area contributed by atoms with Crippen molar-refractivity contribution in [3.63, 3.8) is 0 Å². The molecule has 2 atom stereocenters. The van der Waals surface area contributed by atoms with Gasteiger partial charge in [0.1, 0.15) is 0 Å². The zero-order valence-electron chi connectivity index (χ0n) is 18.0. The van der Waals surface area contributed by atoms with Crippen LogP contribution in [0.1, 0.15) is 55.4 Å². The molecule has 2 aliphatic carbocycles. The van der Waals surface area contributed by atoms with Crippen LogP contribution in [0, 0.1) is 0 Å². The molecule has 1 saturated heterocycles. The van der Waals surface area contributed by atoms with Gasteiger partial charge < -0.3 is 0 Å². The maximum atomic E-state index is 2.69. The molecule has 0 amide bonds. The van der Waals surface area contributed by atoms with Crippen molar-refractivity contribution in [2.45, 2.75) is 89.0 Å². The van der Waals surface area contributed by atoms with Crippen molar-refractivity contribution in [1.29, 1.82) is 0 Å². The summed E-state index contributed by atoms with van der Waals surface area (Å²) in [6.07, 6.45) is 0. The fourth-order valence-electron chi connectivity index (χ4n) is 7.19. The summed E-state index contributed by atoms with van der Waals surface area (Å²) < 4.78 is 3.84. The topological polar surface area (TPSA) is 0 Å². The van der Waals surface area contributed by atoms with Crippen LogP contribution >= 0.6 is 0 Å². The molecule has 3 rings (SSSR count). The zero-order valence-corrected chi connectivity index (χ0v) is 20.6. The first kappa shape index (κ1) is 18.7. The average Bonchev–Trinajstić information content (AvgIpc) is 2.77. The monoisotopic (exact) mass is 376 g/mol. The van der Waals surface area contributed by atoms with Crippen molar-refractivity contribution in [2.75, 3.05) is 0 Å². The van der Waals surface area contributed by atoms with Gasteiger partial charge in [-0.3, -0.25) is 0 Å². The fourth-order valence-corrected chi connectivity index (χ4v) is 26.0. The van der Waals surface area contributed by atoms with E-state index in [1.54, 1.807) is 33.4 Å². The first-order chi connectivity index (χ1) is 10.7. The van der Waals surface area contributed by atoms with Gasteiger partial charge in [-0.1, -0.05) is 0 Å². The van der Waals surface area contributed by atoms with Crippen LogP contribution in [0.15, 0.2) is 41.2 Å². The van der Waals surface area contributed by atoms with Crippen molar-refractivity contribution < 1.29 is 16.6 Å². The minimum absolute atomic E-state index is 0.342. The number of hydrogen-bond donors (Lipinski definition) is 0. The Hall–Kier alpha value is -0.109. The van der Waals surface area contributed by atoms with Crippen LogP contribution < -0.4 is 0 Å². The van der Waals surface area contributed by atoms with Gasteiger partial charge in [0, 0.05) is 0 Å². The van der Waals surface area contributed by atoms with Gasteiger partial charge in [0.15, 0.2) is 0 Å². The van der Waals surface area contributed by atoms with E-state index >= 15 is 0 Å². The second-order valence-corrected chi connectivity index (χ2v) is 21.9. The third-order valence-electron chi connectivity index (χ3n) is 9.25. The van der Waals surface area contributed by atoms with E-state index in [0.29, 0.717) is 10.1 Å². The molecule has 0 saturated carbocycles. The van der Waals surface area contributed by atoms with Gasteiger partial charge in [-0.25, -0.2) is 0 Å². The molecule has 1 heterocycles. The number of hydrogen-bond acceptors (Lipinski definition) is 0. The Kier molecular flexibility index (Phi) is 3.72. The second kappa shape index (κ2) is 4.78. The summed E-state index contributed by atoms with van der Waals surface area (Å²) in [4.78, 5) is 0. The molecule has 2 heteroatoms. The van der Waals surface area contributed by atoms with Crippen molar-refractivity contribution in [1.82, 2.24) is 0 Å². The first-order valence-corrected chi connectivity index (χ1v) is 17.2. The molecule has 0 bridgehead atoms. The molecule has 0 spiro atoms. The van der Waals surface area contributed by atoms with Crippen LogP contribution in [0.25, 0.3) is 0 Å². The van der Waals surface area contributed by atoms with Crippen molar-refractivity contribution in [3.8, 4) is 0 Å². The van der Waals surface area contributed by atoms with Gasteiger partial charge in [0.05, 0.1) is 0 Å². The molecule has 0 nitrogen and oxygen atoms in total. The number of rotatable bonds is 0. The molecule has 24 heavy (non-hydrogen) atoms. The molecule has 0 radical (unpaired) electrons. The SMILES string of the molecule is CC1=C(C)C2(C)[C](=C1C)[Ti]([CH3])([CH3])[C]1=C(C)C(C)=C(C)C1(C)[Si]2(C)C. The summed E-state index contributed by atoms with van der Waals surface area (Å²) in [5.41, 5.74) is 9.91. The summed E-state index contributed by atoms with van der Waals surface area (Å²) >= 11 is -2.30. The fraction of sp³-hybridized carbons (Fsp3) is 0.636. The number of fused-ring (bicyclic) bond motifs is 2. The van der Waals surface area contributed by atoms with Gasteiger partial charge in [0.25, 0.3) is 0 Å². The van der Waals surface area contributed by atoms with Crippen molar-refractivity contribution in [2.24, 2.45) is 0 Å². The van der Waals surface area contributed by atoms with Crippen LogP contribution in [0.3, 0.4) is 0 Å². The summed E-state index contributed by atoms with van der Waals surface area (Å²) in [6.45, 7) is 25.2. The normalized spacial score (nSPS) is 37.5. The Morgan fingerprint density at radius 2 is 0.917 bits per heavy atom. The molecule has 1 fully saturated rings. The maximum absolute atomic E-state index is 2.69. The van der Waals surface area contributed by atoms with Crippen molar-refractivity contribution >= 4 is 8.07 Å². The van der Waals surface area contributed by atoms with E-state index in [0.717, 1.165) is 0 Å². The van der Waals surface area contributed by atoms with Gasteiger partial charge in [0.2, 0.25) is 0 Å². The predicted molar refractivity (Wildman–Crippen MR) is 108 cm³/mol. The summed E-state index contributed by atoms with van der Waals surface area (Å²) in [5, 5.41) is 6.06. The molecular formula is C22H36SiTi. The minimum atomic E-state index is -2.30. The third-order valence-corrected chi connectivity index (χ3v) is 22.9. The van der Waals surface area contributed by atoms with Gasteiger partial charge >= 0.3 is 155 Å². The van der Waals surface area contributed by atoms with E-state index in [2.05, 4.69) is 78.9 Å². The molecule has 132 valence electrons. The standard InChI is InChI=1S/C20H30Si.2CH3.Ti/c1-13-11-19(7,17(5)15(13)3)21(9,10)20(8)12-14(2)16(4)18(20)6;;;/h1-10H3;2*1H3;. The van der Waals surface area contributed by atoms with Gasteiger partial charge in [-0.2, -0.15) is 0 Å². The van der Waals surface area contributed by atoms with Crippen LogP contribution in [-0.2, 0) is 16.6 Å². The Labute approximate surface area is 154 Å². The van der Waals surface area contributed by atoms with Crippen LogP contribution in [0.5, 0.6) is 0 Å². The quantitative estimate of drug-likeness (QED) is 0.380. The van der Waals surface area contributed by atoms with Gasteiger partial charge in [-0.15, -0.1) is 0 Å². The molecule has 2 unspecified atom stereocenters. The summed E-state index contributed by atoms with van der Waals surface area (Å²) in [6, 6.07) is 0. The summed E-state index contributed by atoms with van der Waals surface area (Å²) in [5.74, 6) is 0.